The van der Waals surface area contributed by atoms with Crippen LogP contribution in [-0.2, 0) is 16.6 Å². The first-order valence-electron chi connectivity index (χ1n) is 7.07. The number of nitrogens with zero attached hydrogens (tertiary/aromatic N) is 1. The number of nitrogens with one attached hydrogen (secondary N) is 1. The number of carbonyl (C=O) groups is 1. The van der Waals surface area contributed by atoms with E-state index in [0.717, 1.165) is 11.6 Å². The van der Waals surface area contributed by atoms with Gasteiger partial charge < -0.3 is 22.5 Å². The van der Waals surface area contributed by atoms with Gasteiger partial charge in [-0.1, -0.05) is 12.1 Å². The second kappa shape index (κ2) is 7.30. The van der Waals surface area contributed by atoms with Crippen LogP contribution in [0.2, 0.25) is 0 Å². The molecule has 0 heterocycles. The summed E-state index contributed by atoms with van der Waals surface area (Å²) >= 11 is 0. The van der Waals surface area contributed by atoms with Gasteiger partial charge in [0.25, 0.3) is 5.91 Å². The Balaban J connectivity index is 2.47. The lowest BCUT2D eigenvalue weighted by molar-refractivity contribution is 0.100. The third-order valence-corrected chi connectivity index (χ3v) is 4.16. The number of carbonyl (C=O) groups excluding carboxylic acids is 1. The van der Waals surface area contributed by atoms with Crippen molar-refractivity contribution < 1.29 is 13.2 Å². The third kappa shape index (κ3) is 4.76. The lowest BCUT2D eigenvalue weighted by atomic mass is 10.1. The summed E-state index contributed by atoms with van der Waals surface area (Å²) in [6.07, 6.45) is 0. The summed E-state index contributed by atoms with van der Waals surface area (Å²) in [5.41, 5.74) is 17.6. The van der Waals surface area contributed by atoms with Gasteiger partial charge in [-0.15, -0.1) is 0 Å². The molecule has 2 aromatic carbocycles. The minimum Gasteiger partial charge on any atom is -0.370 e. The number of nitrogens with two attached hydrogens (primary N) is 4. The Morgan fingerprint density at radius 3 is 2.44 bits per heavy atom. The predicted octanol–water partition coefficient (Wildman–Crippen LogP) is -0.0501. The zero-order valence-corrected chi connectivity index (χ0v) is 14.0. The Morgan fingerprint density at radius 2 is 1.84 bits per heavy atom. The van der Waals surface area contributed by atoms with E-state index < -0.39 is 21.9 Å². The van der Waals surface area contributed by atoms with Crippen molar-refractivity contribution in [3.05, 3.63) is 53.6 Å². The summed E-state index contributed by atoms with van der Waals surface area (Å²) in [5.74, 6) is -1.20. The van der Waals surface area contributed by atoms with Crippen molar-refractivity contribution in [2.45, 2.75) is 11.4 Å². The zero-order valence-electron chi connectivity index (χ0n) is 13.1. The van der Waals surface area contributed by atoms with E-state index in [1.807, 2.05) is 6.07 Å². The van der Waals surface area contributed by atoms with Gasteiger partial charge in [0, 0.05) is 17.8 Å². The number of anilines is 2. The van der Waals surface area contributed by atoms with Crippen molar-refractivity contribution >= 4 is 33.3 Å². The number of rotatable bonds is 5. The summed E-state index contributed by atoms with van der Waals surface area (Å²) in [5, 5.41) is 8.20. The van der Waals surface area contributed by atoms with E-state index in [1.165, 1.54) is 12.1 Å². The molecule has 0 saturated heterocycles. The Morgan fingerprint density at radius 1 is 1.12 bits per heavy atom. The van der Waals surface area contributed by atoms with E-state index in [2.05, 4.69) is 10.3 Å². The molecule has 0 radical (unpaired) electrons. The number of hydrogen-bond donors (Lipinski definition) is 5. The van der Waals surface area contributed by atoms with Gasteiger partial charge in [0.15, 0.2) is 5.96 Å². The minimum absolute atomic E-state index is 0.0151. The summed E-state index contributed by atoms with van der Waals surface area (Å²) in [6, 6.07) is 11.0. The maximum Gasteiger partial charge on any atom is 0.280 e. The van der Waals surface area contributed by atoms with Gasteiger partial charge in [-0.25, -0.2) is 13.6 Å². The fourth-order valence-corrected chi connectivity index (χ4v) is 2.82. The molecule has 0 aromatic heterocycles. The van der Waals surface area contributed by atoms with E-state index in [-0.39, 0.29) is 16.1 Å². The van der Waals surface area contributed by atoms with Gasteiger partial charge in [-0.05, 0) is 35.9 Å². The average Bonchev–Trinajstić information content (AvgIpc) is 2.53. The molecule has 10 heteroatoms. The number of guanidine groups is 1. The lowest BCUT2D eigenvalue weighted by Gasteiger charge is -2.12. The van der Waals surface area contributed by atoms with Crippen LogP contribution in [0.15, 0.2) is 52.4 Å². The molecule has 0 aliphatic rings. The van der Waals surface area contributed by atoms with Crippen LogP contribution in [0.3, 0.4) is 0 Å². The highest BCUT2D eigenvalue weighted by Crippen LogP contribution is 2.26. The number of primary sulfonamides is 1. The minimum atomic E-state index is -4.10. The molecule has 0 aliphatic heterocycles. The molecule has 132 valence electrons. The van der Waals surface area contributed by atoms with Crippen LogP contribution in [-0.4, -0.2) is 20.3 Å². The van der Waals surface area contributed by atoms with Crippen molar-refractivity contribution in [3.63, 3.8) is 0 Å². The van der Waals surface area contributed by atoms with Gasteiger partial charge in [0.1, 0.15) is 4.90 Å². The molecule has 0 atom stereocenters. The van der Waals surface area contributed by atoms with Crippen LogP contribution >= 0.6 is 0 Å². The second-order valence-corrected chi connectivity index (χ2v) is 6.66. The number of sulfonamides is 1. The topological polar surface area (TPSA) is 180 Å². The molecule has 2 aromatic rings. The first-order valence-corrected chi connectivity index (χ1v) is 8.62. The number of benzene rings is 2. The van der Waals surface area contributed by atoms with Gasteiger partial charge in [-0.2, -0.15) is 4.99 Å². The van der Waals surface area contributed by atoms with Crippen LogP contribution in [0.1, 0.15) is 15.9 Å². The lowest BCUT2D eigenvalue weighted by Crippen LogP contribution is -2.24. The van der Waals surface area contributed by atoms with E-state index in [0.29, 0.717) is 12.2 Å². The van der Waals surface area contributed by atoms with Crippen LogP contribution in [0.5, 0.6) is 0 Å². The molecule has 9 nitrogen and oxygen atoms in total. The number of hydrogen-bond acceptors (Lipinski definition) is 5. The van der Waals surface area contributed by atoms with E-state index in [4.69, 9.17) is 22.3 Å². The molecule has 0 fully saturated rings. The molecule has 1 amide bonds. The molecule has 25 heavy (non-hydrogen) atoms. The normalized spacial score (nSPS) is 11.0. The van der Waals surface area contributed by atoms with Gasteiger partial charge in [0.2, 0.25) is 10.0 Å². The summed E-state index contributed by atoms with van der Waals surface area (Å²) < 4.78 is 23.8. The van der Waals surface area contributed by atoms with Crippen LogP contribution in [0.4, 0.5) is 11.4 Å². The van der Waals surface area contributed by atoms with Crippen molar-refractivity contribution in [1.29, 1.82) is 0 Å². The average molecular weight is 362 g/mol. The second-order valence-electron chi connectivity index (χ2n) is 5.13. The molecule has 0 spiro atoms. The molecule has 0 saturated carbocycles. The van der Waals surface area contributed by atoms with Gasteiger partial charge in [0.05, 0.1) is 5.69 Å². The first kappa shape index (κ1) is 18.4. The Bertz CT molecular complexity index is 936. The molecule has 0 bridgehead atoms. The standard InChI is InChI=1S/C15H18N6O3S/c16-8-9-2-1-3-11(6-9)20-12-5-4-10(14(22)21-15(17)18)7-13(12)25(19,23)24/h1-7,20H,8,16H2,(H2,19,23,24)(H4,17,18,21,22). The monoisotopic (exact) mass is 362 g/mol. The Hall–Kier alpha value is -2.95. The number of amides is 1. The quantitative estimate of drug-likeness (QED) is 0.365. The maximum atomic E-state index is 11.9. The summed E-state index contributed by atoms with van der Waals surface area (Å²) in [6.45, 7) is 0.337. The Kier molecular flexibility index (Phi) is 5.37. The molecule has 2 rings (SSSR count). The highest BCUT2D eigenvalue weighted by Gasteiger charge is 2.17. The summed E-state index contributed by atoms with van der Waals surface area (Å²) in [4.78, 5) is 15.0. The van der Waals surface area contributed by atoms with E-state index in [1.54, 1.807) is 18.2 Å². The smallest absolute Gasteiger partial charge is 0.280 e. The predicted molar refractivity (Wildman–Crippen MR) is 95.6 cm³/mol. The fourth-order valence-electron chi connectivity index (χ4n) is 2.11. The van der Waals surface area contributed by atoms with Crippen molar-refractivity contribution in [1.82, 2.24) is 0 Å². The molecule has 0 unspecified atom stereocenters. The molecule has 9 N–H and O–H groups in total. The molecule has 0 aliphatic carbocycles. The largest absolute Gasteiger partial charge is 0.370 e. The van der Waals surface area contributed by atoms with Crippen molar-refractivity contribution in [3.8, 4) is 0 Å². The summed E-state index contributed by atoms with van der Waals surface area (Å²) in [7, 11) is -4.10. The van der Waals surface area contributed by atoms with Crippen molar-refractivity contribution in [2.24, 2.45) is 27.3 Å². The SMILES string of the molecule is NCc1cccc(Nc2ccc(C(=O)N=C(N)N)cc2S(N)(=O)=O)c1. The fraction of sp³-hybridized carbons (Fsp3) is 0.0667. The van der Waals surface area contributed by atoms with Crippen LogP contribution in [0.25, 0.3) is 0 Å². The van der Waals surface area contributed by atoms with Gasteiger partial charge in [-0.3, -0.25) is 4.79 Å². The van der Waals surface area contributed by atoms with Crippen molar-refractivity contribution in [2.75, 3.05) is 5.32 Å². The number of aliphatic imine (C=N–C) groups is 1. The maximum absolute atomic E-state index is 11.9. The third-order valence-electron chi connectivity index (χ3n) is 3.21. The first-order chi connectivity index (χ1) is 11.7. The van der Waals surface area contributed by atoms with E-state index in [9.17, 15) is 13.2 Å². The highest BCUT2D eigenvalue weighted by atomic mass is 32.2. The Labute approximate surface area is 144 Å². The van der Waals surface area contributed by atoms with Crippen LogP contribution in [0, 0.1) is 0 Å². The molecular weight excluding hydrogens is 344 g/mol. The van der Waals surface area contributed by atoms with Gasteiger partial charge >= 0.3 is 0 Å². The zero-order chi connectivity index (χ0) is 18.6. The van der Waals surface area contributed by atoms with Crippen LogP contribution < -0.4 is 27.7 Å². The van der Waals surface area contributed by atoms with E-state index >= 15 is 0 Å². The highest BCUT2D eigenvalue weighted by molar-refractivity contribution is 7.89. The molecular formula is C15H18N6O3S.